The van der Waals surface area contributed by atoms with Crippen LogP contribution in [0.25, 0.3) is 21.9 Å². The molecular formula is C31H30FNO4. The number of aliphatic hydroxyl groups excluding tert-OH is 1. The highest BCUT2D eigenvalue weighted by atomic mass is 19.1. The highest BCUT2D eigenvalue weighted by molar-refractivity contribution is 6.20. The summed E-state index contributed by atoms with van der Waals surface area (Å²) in [5.41, 5.74) is 2.48. The maximum atomic E-state index is 13.9. The van der Waals surface area contributed by atoms with Crippen LogP contribution in [0.1, 0.15) is 40.7 Å². The largest absolute Gasteiger partial charge is 0.508 e. The summed E-state index contributed by atoms with van der Waals surface area (Å²) in [6.45, 7) is 3.36. The summed E-state index contributed by atoms with van der Waals surface area (Å²) >= 11 is 0. The van der Waals surface area contributed by atoms with Gasteiger partial charge in [0.2, 0.25) is 0 Å². The first-order chi connectivity index (χ1) is 18.0. The minimum Gasteiger partial charge on any atom is -0.508 e. The van der Waals surface area contributed by atoms with E-state index >= 15 is 0 Å². The van der Waals surface area contributed by atoms with Gasteiger partial charge in [-0.2, -0.15) is 0 Å². The minimum absolute atomic E-state index is 0.0996. The standard InChI is InChI=1S/C31H30FNO4/c32-24-7-12-27(23(18-24)20-34)29-11-6-22-19-25(35)8-13-28(22)30(29)31(36)21-4-9-26(10-5-21)37-17-16-33-14-2-1-3-15-33/h4-13,18-19,34-35H,1-3,14-17,20H2. The molecule has 1 heterocycles. The summed E-state index contributed by atoms with van der Waals surface area (Å²) in [4.78, 5) is 16.3. The molecule has 4 aromatic rings. The number of aromatic hydroxyl groups is 1. The van der Waals surface area contributed by atoms with Crippen molar-refractivity contribution in [3.8, 4) is 22.6 Å². The molecule has 5 rings (SSSR count). The molecule has 37 heavy (non-hydrogen) atoms. The van der Waals surface area contributed by atoms with Crippen LogP contribution < -0.4 is 4.74 Å². The quantitative estimate of drug-likeness (QED) is 0.294. The number of carbonyl (C=O) groups is 1. The van der Waals surface area contributed by atoms with E-state index in [1.54, 1.807) is 54.6 Å². The zero-order valence-corrected chi connectivity index (χ0v) is 20.6. The lowest BCUT2D eigenvalue weighted by molar-refractivity contribution is 0.104. The Morgan fingerprint density at radius 1 is 0.892 bits per heavy atom. The molecule has 1 aliphatic heterocycles. The number of hydrogen-bond donors (Lipinski definition) is 2. The second-order valence-electron chi connectivity index (χ2n) is 9.46. The van der Waals surface area contributed by atoms with Crippen LogP contribution in [0.3, 0.4) is 0 Å². The van der Waals surface area contributed by atoms with Gasteiger partial charge in [-0.05, 0) is 108 Å². The van der Waals surface area contributed by atoms with Gasteiger partial charge in [0.05, 0.1) is 6.61 Å². The average Bonchev–Trinajstić information content (AvgIpc) is 2.93. The fraction of sp³-hybridized carbons (Fsp3) is 0.258. The van der Waals surface area contributed by atoms with Gasteiger partial charge in [-0.3, -0.25) is 9.69 Å². The third-order valence-corrected chi connectivity index (χ3v) is 7.00. The molecule has 0 atom stereocenters. The first-order valence-corrected chi connectivity index (χ1v) is 12.7. The van der Waals surface area contributed by atoms with Crippen LogP contribution in [0.5, 0.6) is 11.5 Å². The van der Waals surface area contributed by atoms with Crippen molar-refractivity contribution in [2.45, 2.75) is 25.9 Å². The number of rotatable bonds is 8. The molecule has 0 amide bonds. The molecule has 0 saturated carbocycles. The predicted molar refractivity (Wildman–Crippen MR) is 143 cm³/mol. The van der Waals surface area contributed by atoms with Gasteiger partial charge >= 0.3 is 0 Å². The van der Waals surface area contributed by atoms with E-state index in [4.69, 9.17) is 4.74 Å². The first-order valence-electron chi connectivity index (χ1n) is 12.7. The number of likely N-dealkylation sites (tertiary alicyclic amines) is 1. The van der Waals surface area contributed by atoms with Crippen molar-refractivity contribution in [1.29, 1.82) is 0 Å². The van der Waals surface area contributed by atoms with Gasteiger partial charge in [-0.15, -0.1) is 0 Å². The number of aliphatic hydroxyl groups is 1. The van der Waals surface area contributed by atoms with E-state index in [1.165, 1.54) is 31.4 Å². The molecule has 5 nitrogen and oxygen atoms in total. The molecule has 4 aromatic carbocycles. The molecule has 6 heteroatoms. The second kappa shape index (κ2) is 11.1. The fourth-order valence-electron chi connectivity index (χ4n) is 5.06. The van der Waals surface area contributed by atoms with E-state index in [0.29, 0.717) is 50.9 Å². The molecular weight excluding hydrogens is 469 g/mol. The fourth-order valence-corrected chi connectivity index (χ4v) is 5.06. The summed E-state index contributed by atoms with van der Waals surface area (Å²) in [6.07, 6.45) is 3.78. The second-order valence-corrected chi connectivity index (χ2v) is 9.46. The van der Waals surface area contributed by atoms with E-state index < -0.39 is 5.82 Å². The molecule has 0 spiro atoms. The lowest BCUT2D eigenvalue weighted by Gasteiger charge is -2.26. The number of ether oxygens (including phenoxy) is 1. The Labute approximate surface area is 215 Å². The molecule has 1 saturated heterocycles. The summed E-state index contributed by atoms with van der Waals surface area (Å²) in [5, 5.41) is 21.2. The number of ketones is 1. The topological polar surface area (TPSA) is 70.0 Å². The predicted octanol–water partition coefficient (Wildman–Crippen LogP) is 5.94. The molecule has 1 fully saturated rings. The van der Waals surface area contributed by atoms with Crippen LogP contribution in [-0.2, 0) is 6.61 Å². The van der Waals surface area contributed by atoms with Crippen LogP contribution >= 0.6 is 0 Å². The Kier molecular flexibility index (Phi) is 7.49. The third kappa shape index (κ3) is 5.50. The van der Waals surface area contributed by atoms with Crippen molar-refractivity contribution >= 4 is 16.6 Å². The Hall–Kier alpha value is -3.74. The Morgan fingerprint density at radius 2 is 1.65 bits per heavy atom. The van der Waals surface area contributed by atoms with Crippen molar-refractivity contribution in [1.82, 2.24) is 4.90 Å². The number of fused-ring (bicyclic) bond motifs is 1. The van der Waals surface area contributed by atoms with Gasteiger partial charge in [-0.25, -0.2) is 4.39 Å². The van der Waals surface area contributed by atoms with E-state index in [2.05, 4.69) is 4.90 Å². The minimum atomic E-state index is -0.456. The van der Waals surface area contributed by atoms with Gasteiger partial charge in [0.15, 0.2) is 5.78 Å². The van der Waals surface area contributed by atoms with Crippen LogP contribution in [-0.4, -0.2) is 47.1 Å². The van der Waals surface area contributed by atoms with Crippen molar-refractivity contribution in [3.63, 3.8) is 0 Å². The molecule has 0 unspecified atom stereocenters. The van der Waals surface area contributed by atoms with Gasteiger partial charge in [0.1, 0.15) is 23.9 Å². The van der Waals surface area contributed by atoms with Gasteiger partial charge in [0, 0.05) is 17.7 Å². The van der Waals surface area contributed by atoms with Crippen LogP contribution in [0.2, 0.25) is 0 Å². The van der Waals surface area contributed by atoms with E-state index in [1.807, 2.05) is 6.07 Å². The SMILES string of the molecule is O=C(c1ccc(OCCN2CCCCC2)cc1)c1c(-c2ccc(F)cc2CO)ccc2cc(O)ccc12. The Morgan fingerprint density at radius 3 is 2.41 bits per heavy atom. The molecule has 0 bridgehead atoms. The zero-order chi connectivity index (χ0) is 25.8. The first kappa shape index (κ1) is 24.9. The summed E-state index contributed by atoms with van der Waals surface area (Å²) in [5.74, 6) is 0.141. The van der Waals surface area contributed by atoms with Gasteiger partial charge < -0.3 is 14.9 Å². The smallest absolute Gasteiger partial charge is 0.194 e. The molecule has 2 N–H and O–H groups in total. The van der Waals surface area contributed by atoms with Crippen molar-refractivity contribution in [2.75, 3.05) is 26.2 Å². The number of piperidine rings is 1. The van der Waals surface area contributed by atoms with Gasteiger partial charge in [-0.1, -0.05) is 24.6 Å². The Bertz CT molecular complexity index is 1410. The number of phenolic OH excluding ortho intramolecular Hbond substituents is 1. The monoisotopic (exact) mass is 499 g/mol. The van der Waals surface area contributed by atoms with E-state index in [-0.39, 0.29) is 18.1 Å². The van der Waals surface area contributed by atoms with E-state index in [0.717, 1.165) is 19.6 Å². The van der Waals surface area contributed by atoms with Crippen LogP contribution in [0, 0.1) is 5.82 Å². The van der Waals surface area contributed by atoms with E-state index in [9.17, 15) is 19.4 Å². The van der Waals surface area contributed by atoms with Crippen LogP contribution in [0.15, 0.2) is 72.8 Å². The van der Waals surface area contributed by atoms with Crippen molar-refractivity contribution < 1.29 is 24.1 Å². The van der Waals surface area contributed by atoms with Crippen molar-refractivity contribution in [2.24, 2.45) is 0 Å². The third-order valence-electron chi connectivity index (χ3n) is 7.00. The Balaban J connectivity index is 1.46. The number of phenols is 1. The number of benzene rings is 4. The summed E-state index contributed by atoms with van der Waals surface area (Å²) < 4.78 is 19.8. The van der Waals surface area contributed by atoms with Crippen molar-refractivity contribution in [3.05, 3.63) is 95.3 Å². The molecule has 0 aromatic heterocycles. The number of halogens is 1. The van der Waals surface area contributed by atoms with Gasteiger partial charge in [0.25, 0.3) is 0 Å². The maximum Gasteiger partial charge on any atom is 0.194 e. The average molecular weight is 500 g/mol. The number of hydrogen-bond acceptors (Lipinski definition) is 5. The molecule has 1 aliphatic rings. The lowest BCUT2D eigenvalue weighted by Crippen LogP contribution is -2.33. The number of nitrogens with zero attached hydrogens (tertiary/aromatic N) is 1. The molecule has 0 aliphatic carbocycles. The summed E-state index contributed by atoms with van der Waals surface area (Å²) in [7, 11) is 0. The highest BCUT2D eigenvalue weighted by Gasteiger charge is 2.21. The summed E-state index contributed by atoms with van der Waals surface area (Å²) in [6, 6.07) is 19.7. The molecule has 0 radical (unpaired) electrons. The maximum absolute atomic E-state index is 13.9. The highest BCUT2D eigenvalue weighted by Crippen LogP contribution is 2.36. The normalized spacial score (nSPS) is 14.1. The molecule has 190 valence electrons. The zero-order valence-electron chi connectivity index (χ0n) is 20.6. The number of carbonyl (C=O) groups excluding carboxylic acids is 1. The lowest BCUT2D eigenvalue weighted by atomic mass is 9.87. The van der Waals surface area contributed by atoms with Crippen LogP contribution in [0.4, 0.5) is 4.39 Å².